The van der Waals surface area contributed by atoms with Crippen molar-refractivity contribution in [2.24, 2.45) is 0 Å². The third-order valence-electron chi connectivity index (χ3n) is 3.03. The van der Waals surface area contributed by atoms with Gasteiger partial charge in [0.25, 0.3) is 0 Å². The van der Waals surface area contributed by atoms with E-state index in [9.17, 15) is 13.6 Å². The molecule has 2 rings (SSSR count). The van der Waals surface area contributed by atoms with E-state index in [0.717, 1.165) is 0 Å². The van der Waals surface area contributed by atoms with Crippen LogP contribution in [0.2, 0.25) is 5.02 Å². The van der Waals surface area contributed by atoms with Gasteiger partial charge in [0.05, 0.1) is 5.56 Å². The Bertz CT molecular complexity index is 665. The summed E-state index contributed by atoms with van der Waals surface area (Å²) in [6.07, 6.45) is 0. The van der Waals surface area contributed by atoms with E-state index in [-0.39, 0.29) is 16.7 Å². The fourth-order valence-electron chi connectivity index (χ4n) is 1.82. The average molecular weight is 281 g/mol. The normalized spacial score (nSPS) is 10.6. The van der Waals surface area contributed by atoms with E-state index in [1.807, 2.05) is 0 Å². The smallest absolute Gasteiger partial charge is 0.196 e. The molecule has 0 aliphatic heterocycles. The second-order valence-electron chi connectivity index (χ2n) is 4.30. The maximum atomic E-state index is 13.8. The van der Waals surface area contributed by atoms with Crippen LogP contribution in [0.25, 0.3) is 0 Å². The van der Waals surface area contributed by atoms with Gasteiger partial charge in [-0.15, -0.1) is 0 Å². The summed E-state index contributed by atoms with van der Waals surface area (Å²) in [6, 6.07) is 7.45. The highest BCUT2D eigenvalue weighted by Gasteiger charge is 2.20. The third kappa shape index (κ3) is 2.38. The van der Waals surface area contributed by atoms with Gasteiger partial charge in [0.1, 0.15) is 0 Å². The number of carbonyl (C=O) groups is 1. The first-order valence-corrected chi connectivity index (χ1v) is 6.05. The van der Waals surface area contributed by atoms with Crippen LogP contribution < -0.4 is 0 Å². The molecule has 0 atom stereocenters. The first kappa shape index (κ1) is 13.7. The van der Waals surface area contributed by atoms with Gasteiger partial charge in [0, 0.05) is 10.6 Å². The van der Waals surface area contributed by atoms with Gasteiger partial charge in [-0.2, -0.15) is 0 Å². The lowest BCUT2D eigenvalue weighted by Crippen LogP contribution is -2.08. The number of halogens is 3. The Kier molecular flexibility index (Phi) is 3.67. The first-order valence-electron chi connectivity index (χ1n) is 5.68. The molecule has 0 saturated carbocycles. The van der Waals surface area contributed by atoms with E-state index in [1.54, 1.807) is 25.1 Å². The zero-order valence-corrected chi connectivity index (χ0v) is 11.2. The van der Waals surface area contributed by atoms with Crippen LogP contribution in [0, 0.1) is 25.5 Å². The Morgan fingerprint density at radius 2 is 1.68 bits per heavy atom. The summed E-state index contributed by atoms with van der Waals surface area (Å²) in [4.78, 5) is 12.2. The molecule has 0 unspecified atom stereocenters. The number of ketones is 1. The van der Waals surface area contributed by atoms with Crippen LogP contribution in [0.5, 0.6) is 0 Å². The summed E-state index contributed by atoms with van der Waals surface area (Å²) < 4.78 is 27.3. The molecule has 0 spiro atoms. The van der Waals surface area contributed by atoms with Gasteiger partial charge in [-0.05, 0) is 37.1 Å². The summed E-state index contributed by atoms with van der Waals surface area (Å²) in [5.74, 6) is -2.69. The van der Waals surface area contributed by atoms with Crippen molar-refractivity contribution in [2.45, 2.75) is 13.8 Å². The molecular weight excluding hydrogens is 270 g/mol. The number of hydrogen-bond donors (Lipinski definition) is 0. The lowest BCUT2D eigenvalue weighted by molar-refractivity contribution is 0.103. The fourth-order valence-corrected chi connectivity index (χ4v) is 1.99. The fraction of sp³-hybridized carbons (Fsp3) is 0.133. The molecule has 19 heavy (non-hydrogen) atoms. The van der Waals surface area contributed by atoms with Gasteiger partial charge in [0.15, 0.2) is 17.4 Å². The molecule has 4 heteroatoms. The monoisotopic (exact) mass is 280 g/mol. The van der Waals surface area contributed by atoms with Crippen LogP contribution in [0.4, 0.5) is 8.78 Å². The predicted octanol–water partition coefficient (Wildman–Crippen LogP) is 4.47. The molecule has 0 aliphatic carbocycles. The molecule has 2 aromatic rings. The standard InChI is InChI=1S/C15H11ClF2O/c1-8-6-7-11(14(18)13(8)17)15(19)10-4-3-5-12(16)9(10)2/h3-7H,1-2H3. The maximum Gasteiger partial charge on any atom is 0.196 e. The van der Waals surface area contributed by atoms with E-state index >= 15 is 0 Å². The molecule has 2 aromatic carbocycles. The Balaban J connectivity index is 2.57. The van der Waals surface area contributed by atoms with Crippen molar-refractivity contribution in [3.8, 4) is 0 Å². The van der Waals surface area contributed by atoms with Crippen molar-refractivity contribution >= 4 is 17.4 Å². The SMILES string of the molecule is Cc1ccc(C(=O)c2cccc(Cl)c2C)c(F)c1F. The van der Waals surface area contributed by atoms with Crippen molar-refractivity contribution < 1.29 is 13.6 Å². The van der Waals surface area contributed by atoms with Gasteiger partial charge in [0.2, 0.25) is 0 Å². The first-order chi connectivity index (χ1) is 8.93. The molecule has 1 nitrogen and oxygen atoms in total. The molecule has 0 bridgehead atoms. The average Bonchev–Trinajstić information content (AvgIpc) is 2.39. The molecule has 0 saturated heterocycles. The van der Waals surface area contributed by atoms with Crippen LogP contribution >= 0.6 is 11.6 Å². The minimum Gasteiger partial charge on any atom is -0.288 e. The summed E-state index contributed by atoms with van der Waals surface area (Å²) >= 11 is 5.92. The highest BCUT2D eigenvalue weighted by atomic mass is 35.5. The van der Waals surface area contributed by atoms with Gasteiger partial charge in [-0.25, -0.2) is 8.78 Å². The summed E-state index contributed by atoms with van der Waals surface area (Å²) in [6.45, 7) is 3.11. The number of aryl methyl sites for hydroxylation is 1. The van der Waals surface area contributed by atoms with Crippen LogP contribution in [-0.2, 0) is 0 Å². The van der Waals surface area contributed by atoms with Gasteiger partial charge >= 0.3 is 0 Å². The Hall–Kier alpha value is -1.74. The van der Waals surface area contributed by atoms with Crippen LogP contribution in [0.15, 0.2) is 30.3 Å². The minimum absolute atomic E-state index is 0.164. The second-order valence-corrected chi connectivity index (χ2v) is 4.71. The number of hydrogen-bond acceptors (Lipinski definition) is 1. The summed E-state index contributed by atoms with van der Waals surface area (Å²) in [5.41, 5.74) is 0.703. The predicted molar refractivity (Wildman–Crippen MR) is 70.7 cm³/mol. The molecule has 0 amide bonds. The van der Waals surface area contributed by atoms with E-state index in [1.165, 1.54) is 19.1 Å². The third-order valence-corrected chi connectivity index (χ3v) is 3.44. The molecular formula is C15H11ClF2O. The summed E-state index contributed by atoms with van der Waals surface area (Å²) in [5, 5.41) is 0.416. The highest BCUT2D eigenvalue weighted by molar-refractivity contribution is 6.32. The number of rotatable bonds is 2. The molecule has 0 N–H and O–H groups in total. The zero-order valence-electron chi connectivity index (χ0n) is 10.4. The van der Waals surface area contributed by atoms with E-state index in [0.29, 0.717) is 10.6 Å². The van der Waals surface area contributed by atoms with Crippen molar-refractivity contribution in [1.29, 1.82) is 0 Å². The Labute approximate surface area is 114 Å². The Morgan fingerprint density at radius 1 is 1.00 bits per heavy atom. The topological polar surface area (TPSA) is 17.1 Å². The minimum atomic E-state index is -1.12. The molecule has 0 aliphatic rings. The lowest BCUT2D eigenvalue weighted by atomic mass is 9.98. The number of benzene rings is 2. The molecule has 0 fully saturated rings. The van der Waals surface area contributed by atoms with E-state index in [2.05, 4.69) is 0 Å². The van der Waals surface area contributed by atoms with Crippen molar-refractivity contribution in [3.63, 3.8) is 0 Å². The van der Waals surface area contributed by atoms with E-state index < -0.39 is 17.4 Å². The highest BCUT2D eigenvalue weighted by Crippen LogP contribution is 2.24. The van der Waals surface area contributed by atoms with Crippen molar-refractivity contribution in [1.82, 2.24) is 0 Å². The lowest BCUT2D eigenvalue weighted by Gasteiger charge is -2.08. The summed E-state index contributed by atoms with van der Waals surface area (Å²) in [7, 11) is 0. The van der Waals surface area contributed by atoms with Crippen molar-refractivity contribution in [3.05, 3.63) is 69.2 Å². The number of carbonyl (C=O) groups excluding carboxylic acids is 1. The largest absolute Gasteiger partial charge is 0.288 e. The maximum absolute atomic E-state index is 13.8. The molecule has 0 aromatic heterocycles. The molecule has 98 valence electrons. The van der Waals surface area contributed by atoms with Gasteiger partial charge < -0.3 is 0 Å². The van der Waals surface area contributed by atoms with Crippen LogP contribution in [0.3, 0.4) is 0 Å². The van der Waals surface area contributed by atoms with Gasteiger partial charge in [-0.1, -0.05) is 29.8 Å². The van der Waals surface area contributed by atoms with Gasteiger partial charge in [-0.3, -0.25) is 4.79 Å². The van der Waals surface area contributed by atoms with Crippen molar-refractivity contribution in [2.75, 3.05) is 0 Å². The van der Waals surface area contributed by atoms with Crippen LogP contribution in [0.1, 0.15) is 27.0 Å². The Morgan fingerprint density at radius 3 is 2.37 bits per heavy atom. The van der Waals surface area contributed by atoms with Crippen LogP contribution in [-0.4, -0.2) is 5.78 Å². The second kappa shape index (κ2) is 5.10. The molecule has 0 heterocycles. The van der Waals surface area contributed by atoms with E-state index in [4.69, 9.17) is 11.6 Å². The zero-order chi connectivity index (χ0) is 14.2. The molecule has 0 radical (unpaired) electrons. The quantitative estimate of drug-likeness (QED) is 0.742.